The van der Waals surface area contributed by atoms with Crippen molar-refractivity contribution in [1.82, 2.24) is 20.5 Å². The molecule has 31 heavy (non-hydrogen) atoms. The first kappa shape index (κ1) is 20.8. The van der Waals surface area contributed by atoms with Crippen LogP contribution in [0.2, 0.25) is 0 Å². The maximum atomic E-state index is 12.6. The average molecular weight is 418 g/mol. The molecule has 1 aliphatic heterocycles. The summed E-state index contributed by atoms with van der Waals surface area (Å²) in [7, 11) is 1.66. The van der Waals surface area contributed by atoms with Crippen LogP contribution in [0, 0.1) is 5.92 Å². The molecular weight excluding hydrogens is 390 g/mol. The molecule has 1 saturated heterocycles. The SMILES string of the molecule is COc1cccc(CCNC(=O)C2CCN(c3ccc(-c4ccncc4)nn3)CC2)c1. The van der Waals surface area contributed by atoms with Crippen LogP contribution >= 0.6 is 0 Å². The van der Waals surface area contributed by atoms with Crippen molar-refractivity contribution < 1.29 is 9.53 Å². The highest BCUT2D eigenvalue weighted by Crippen LogP contribution is 2.23. The zero-order valence-electron chi connectivity index (χ0n) is 17.7. The van der Waals surface area contributed by atoms with E-state index in [2.05, 4.69) is 25.4 Å². The van der Waals surface area contributed by atoms with Crippen LogP contribution in [0.5, 0.6) is 5.75 Å². The lowest BCUT2D eigenvalue weighted by atomic mass is 9.96. The van der Waals surface area contributed by atoms with Gasteiger partial charge < -0.3 is 15.0 Å². The van der Waals surface area contributed by atoms with Gasteiger partial charge in [0, 0.05) is 43.5 Å². The Morgan fingerprint density at radius 3 is 2.61 bits per heavy atom. The molecule has 0 unspecified atom stereocenters. The van der Waals surface area contributed by atoms with E-state index in [1.807, 2.05) is 48.5 Å². The Morgan fingerprint density at radius 2 is 1.90 bits per heavy atom. The summed E-state index contributed by atoms with van der Waals surface area (Å²) in [6, 6.07) is 15.8. The number of anilines is 1. The van der Waals surface area contributed by atoms with Gasteiger partial charge in [-0.15, -0.1) is 10.2 Å². The number of methoxy groups -OCH3 is 1. The Balaban J connectivity index is 1.24. The average Bonchev–Trinajstić information content (AvgIpc) is 2.85. The van der Waals surface area contributed by atoms with Gasteiger partial charge in [-0.1, -0.05) is 12.1 Å². The number of pyridine rings is 1. The van der Waals surface area contributed by atoms with Crippen molar-refractivity contribution in [2.45, 2.75) is 19.3 Å². The molecule has 1 N–H and O–H groups in total. The van der Waals surface area contributed by atoms with Crippen LogP contribution in [0.4, 0.5) is 5.82 Å². The molecule has 3 aromatic rings. The number of rotatable bonds is 7. The lowest BCUT2D eigenvalue weighted by Gasteiger charge is -2.31. The molecule has 0 saturated carbocycles. The van der Waals surface area contributed by atoms with Crippen LogP contribution in [0.3, 0.4) is 0 Å². The molecule has 0 spiro atoms. The number of aromatic nitrogens is 3. The van der Waals surface area contributed by atoms with Gasteiger partial charge in [0.2, 0.25) is 5.91 Å². The molecule has 1 amide bonds. The van der Waals surface area contributed by atoms with Gasteiger partial charge in [0.15, 0.2) is 5.82 Å². The van der Waals surface area contributed by atoms with Crippen molar-refractivity contribution in [2.75, 3.05) is 31.6 Å². The molecule has 1 aliphatic rings. The molecule has 1 fully saturated rings. The maximum Gasteiger partial charge on any atom is 0.223 e. The molecule has 3 heterocycles. The third-order valence-electron chi connectivity index (χ3n) is 5.66. The van der Waals surface area contributed by atoms with Crippen LogP contribution in [0.15, 0.2) is 60.9 Å². The Labute approximate surface area is 182 Å². The summed E-state index contributed by atoms with van der Waals surface area (Å²) in [4.78, 5) is 18.8. The lowest BCUT2D eigenvalue weighted by molar-refractivity contribution is -0.125. The van der Waals surface area contributed by atoms with Crippen LogP contribution in [-0.4, -0.2) is 47.8 Å². The van der Waals surface area contributed by atoms with Crippen LogP contribution in [0.25, 0.3) is 11.3 Å². The number of piperidine rings is 1. The summed E-state index contributed by atoms with van der Waals surface area (Å²) in [6.07, 6.45) is 5.92. The number of nitrogens with zero attached hydrogens (tertiary/aromatic N) is 4. The van der Waals surface area contributed by atoms with E-state index in [4.69, 9.17) is 4.74 Å². The highest BCUT2D eigenvalue weighted by atomic mass is 16.5. The Hall–Kier alpha value is -3.48. The monoisotopic (exact) mass is 417 g/mol. The fourth-order valence-corrected chi connectivity index (χ4v) is 3.84. The molecule has 1 aromatic carbocycles. The first-order chi connectivity index (χ1) is 15.2. The molecule has 0 atom stereocenters. The van der Waals surface area contributed by atoms with E-state index in [-0.39, 0.29) is 11.8 Å². The summed E-state index contributed by atoms with van der Waals surface area (Å²) >= 11 is 0. The van der Waals surface area contributed by atoms with Gasteiger partial charge in [-0.3, -0.25) is 9.78 Å². The van der Waals surface area contributed by atoms with E-state index in [0.717, 1.165) is 60.7 Å². The normalized spacial score (nSPS) is 14.3. The van der Waals surface area contributed by atoms with Crippen molar-refractivity contribution in [1.29, 1.82) is 0 Å². The maximum absolute atomic E-state index is 12.6. The zero-order chi connectivity index (χ0) is 21.5. The summed E-state index contributed by atoms with van der Waals surface area (Å²) in [5, 5.41) is 11.8. The third-order valence-corrected chi connectivity index (χ3v) is 5.66. The summed E-state index contributed by atoms with van der Waals surface area (Å²) in [5.74, 6) is 1.88. The first-order valence-corrected chi connectivity index (χ1v) is 10.6. The van der Waals surface area contributed by atoms with Gasteiger partial charge in [0.1, 0.15) is 5.75 Å². The Kier molecular flexibility index (Phi) is 6.72. The summed E-state index contributed by atoms with van der Waals surface area (Å²) in [6.45, 7) is 2.24. The van der Waals surface area contributed by atoms with Gasteiger partial charge in [-0.25, -0.2) is 0 Å². The van der Waals surface area contributed by atoms with Gasteiger partial charge in [0.05, 0.1) is 12.8 Å². The Morgan fingerprint density at radius 1 is 1.10 bits per heavy atom. The number of hydrogen-bond donors (Lipinski definition) is 1. The molecule has 0 radical (unpaired) electrons. The number of carbonyl (C=O) groups is 1. The first-order valence-electron chi connectivity index (χ1n) is 10.6. The number of nitrogens with one attached hydrogen (secondary N) is 1. The third kappa shape index (κ3) is 5.36. The quantitative estimate of drug-likeness (QED) is 0.636. The van der Waals surface area contributed by atoms with Gasteiger partial charge in [-0.05, 0) is 61.2 Å². The number of amides is 1. The molecule has 0 bridgehead atoms. The van der Waals surface area contributed by atoms with Crippen molar-refractivity contribution in [3.63, 3.8) is 0 Å². The molecule has 4 rings (SSSR count). The van der Waals surface area contributed by atoms with Crippen molar-refractivity contribution in [2.24, 2.45) is 5.92 Å². The fraction of sp³-hybridized carbons (Fsp3) is 0.333. The summed E-state index contributed by atoms with van der Waals surface area (Å²) in [5.41, 5.74) is 2.98. The van der Waals surface area contributed by atoms with Crippen molar-refractivity contribution >= 4 is 11.7 Å². The van der Waals surface area contributed by atoms with Crippen LogP contribution in [0.1, 0.15) is 18.4 Å². The Bertz CT molecular complexity index is 986. The van der Waals surface area contributed by atoms with Gasteiger partial charge >= 0.3 is 0 Å². The van der Waals surface area contributed by atoms with Crippen LogP contribution in [-0.2, 0) is 11.2 Å². The minimum atomic E-state index is 0.0469. The number of hydrogen-bond acceptors (Lipinski definition) is 6. The fourth-order valence-electron chi connectivity index (χ4n) is 3.84. The largest absolute Gasteiger partial charge is 0.497 e. The van der Waals surface area contributed by atoms with E-state index in [1.54, 1.807) is 19.5 Å². The minimum Gasteiger partial charge on any atom is -0.497 e. The highest BCUT2D eigenvalue weighted by molar-refractivity contribution is 5.79. The predicted octanol–water partition coefficient (Wildman–Crippen LogP) is 3.12. The zero-order valence-corrected chi connectivity index (χ0v) is 17.7. The molecule has 7 heteroatoms. The lowest BCUT2D eigenvalue weighted by Crippen LogP contribution is -2.41. The molecule has 0 aliphatic carbocycles. The van der Waals surface area contributed by atoms with Crippen LogP contribution < -0.4 is 15.0 Å². The molecular formula is C24H27N5O2. The molecule has 7 nitrogen and oxygen atoms in total. The van der Waals surface area contributed by atoms with E-state index in [9.17, 15) is 4.79 Å². The number of benzene rings is 1. The van der Waals surface area contributed by atoms with Gasteiger partial charge in [0.25, 0.3) is 0 Å². The number of ether oxygens (including phenoxy) is 1. The second-order valence-electron chi connectivity index (χ2n) is 7.67. The van der Waals surface area contributed by atoms with Crippen molar-refractivity contribution in [3.05, 3.63) is 66.5 Å². The smallest absolute Gasteiger partial charge is 0.223 e. The second kappa shape index (κ2) is 10.0. The number of carbonyl (C=O) groups excluding carboxylic acids is 1. The van der Waals surface area contributed by atoms with E-state index < -0.39 is 0 Å². The van der Waals surface area contributed by atoms with Crippen molar-refractivity contribution in [3.8, 4) is 17.0 Å². The standard InChI is InChI=1S/C24H27N5O2/c1-31-21-4-2-3-18(17-21)7-14-26-24(30)20-10-15-29(16-11-20)23-6-5-22(27-28-23)19-8-12-25-13-9-19/h2-6,8-9,12-13,17,20H,7,10-11,14-16H2,1H3,(H,26,30). The van der Waals surface area contributed by atoms with E-state index in [1.165, 1.54) is 0 Å². The molecule has 160 valence electrons. The predicted molar refractivity (Wildman–Crippen MR) is 120 cm³/mol. The molecule has 2 aromatic heterocycles. The van der Waals surface area contributed by atoms with E-state index >= 15 is 0 Å². The minimum absolute atomic E-state index is 0.0469. The highest BCUT2D eigenvalue weighted by Gasteiger charge is 2.25. The second-order valence-corrected chi connectivity index (χ2v) is 7.67. The van der Waals surface area contributed by atoms with Gasteiger partial charge in [-0.2, -0.15) is 0 Å². The van der Waals surface area contributed by atoms with E-state index in [0.29, 0.717) is 6.54 Å². The topological polar surface area (TPSA) is 80.2 Å². The summed E-state index contributed by atoms with van der Waals surface area (Å²) < 4.78 is 5.25.